The van der Waals surface area contributed by atoms with Crippen LogP contribution in [0.5, 0.6) is 0 Å². The standard InChI is InChI=1S/C24H24N2O3/c1-14-7-9-15(10-8-14)18-13-20-22-17(16-5-3-4-6-19(16)25-22)11-12-26(20)23(27)21(18)24(28)29-2/h3-10,18,20-21,25H,11-13H2,1-2H3/t18-,20+,21-/m0/s1. The number of nitrogens with one attached hydrogen (secondary N) is 1. The Morgan fingerprint density at radius 2 is 1.90 bits per heavy atom. The predicted octanol–water partition coefficient (Wildman–Crippen LogP) is 3.88. The third-order valence-corrected chi connectivity index (χ3v) is 6.55. The Bertz CT molecular complexity index is 1100. The van der Waals surface area contributed by atoms with Gasteiger partial charge in [0.25, 0.3) is 0 Å². The molecule has 0 unspecified atom stereocenters. The Labute approximate surface area is 169 Å². The van der Waals surface area contributed by atoms with Crippen molar-refractivity contribution in [2.75, 3.05) is 13.7 Å². The SMILES string of the molecule is COC(=O)[C@@H]1C(=O)N2CCc3c([nH]c4ccccc34)[C@H]2C[C@H]1c1ccc(C)cc1. The second-order valence-electron chi connectivity index (χ2n) is 8.11. The van der Waals surface area contributed by atoms with E-state index < -0.39 is 11.9 Å². The molecule has 0 saturated carbocycles. The van der Waals surface area contributed by atoms with Gasteiger partial charge in [0.1, 0.15) is 5.92 Å². The smallest absolute Gasteiger partial charge is 0.318 e. The molecule has 29 heavy (non-hydrogen) atoms. The molecule has 3 heterocycles. The lowest BCUT2D eigenvalue weighted by molar-refractivity contribution is -0.160. The highest BCUT2D eigenvalue weighted by atomic mass is 16.5. The first-order valence-corrected chi connectivity index (χ1v) is 10.1. The number of hydrogen-bond acceptors (Lipinski definition) is 3. The van der Waals surface area contributed by atoms with Crippen LogP contribution in [0.15, 0.2) is 48.5 Å². The van der Waals surface area contributed by atoms with Gasteiger partial charge in [0, 0.05) is 29.1 Å². The van der Waals surface area contributed by atoms with Gasteiger partial charge in [-0.3, -0.25) is 9.59 Å². The van der Waals surface area contributed by atoms with E-state index in [2.05, 4.69) is 23.2 Å². The van der Waals surface area contributed by atoms with Gasteiger partial charge in [-0.1, -0.05) is 48.0 Å². The van der Waals surface area contributed by atoms with Gasteiger partial charge in [-0.15, -0.1) is 0 Å². The third kappa shape index (κ3) is 2.76. The monoisotopic (exact) mass is 388 g/mol. The maximum atomic E-state index is 13.4. The highest BCUT2D eigenvalue weighted by Crippen LogP contribution is 2.47. The molecule has 0 aliphatic carbocycles. The molecule has 0 spiro atoms. The number of carbonyl (C=O) groups excluding carboxylic acids is 2. The largest absolute Gasteiger partial charge is 0.468 e. The number of esters is 1. The van der Waals surface area contributed by atoms with Crippen molar-refractivity contribution in [2.24, 2.45) is 5.92 Å². The summed E-state index contributed by atoms with van der Waals surface area (Å²) in [5.41, 5.74) is 5.69. The number of ether oxygens (including phenoxy) is 1. The minimum atomic E-state index is -0.787. The average molecular weight is 388 g/mol. The fourth-order valence-corrected chi connectivity index (χ4v) is 5.09. The molecule has 1 saturated heterocycles. The lowest BCUT2D eigenvalue weighted by Gasteiger charge is -2.45. The molecule has 148 valence electrons. The lowest BCUT2D eigenvalue weighted by Crippen LogP contribution is -2.51. The van der Waals surface area contributed by atoms with Gasteiger partial charge in [-0.25, -0.2) is 0 Å². The quantitative estimate of drug-likeness (QED) is 0.535. The van der Waals surface area contributed by atoms with Crippen molar-refractivity contribution < 1.29 is 14.3 Å². The number of hydrogen-bond donors (Lipinski definition) is 1. The van der Waals surface area contributed by atoms with Crippen LogP contribution in [-0.2, 0) is 20.7 Å². The van der Waals surface area contributed by atoms with Gasteiger partial charge in [0.05, 0.1) is 13.2 Å². The molecule has 1 amide bonds. The van der Waals surface area contributed by atoms with E-state index in [4.69, 9.17) is 4.74 Å². The number of piperidine rings is 1. The van der Waals surface area contributed by atoms with Crippen molar-refractivity contribution in [1.82, 2.24) is 9.88 Å². The molecule has 2 aliphatic rings. The minimum absolute atomic E-state index is 0.0501. The Morgan fingerprint density at radius 1 is 1.14 bits per heavy atom. The number of nitrogens with zero attached hydrogens (tertiary/aromatic N) is 1. The molecule has 5 nitrogen and oxygen atoms in total. The maximum absolute atomic E-state index is 13.4. The number of aromatic nitrogens is 1. The Kier molecular flexibility index (Phi) is 4.19. The van der Waals surface area contributed by atoms with Crippen LogP contribution < -0.4 is 0 Å². The number of methoxy groups -OCH3 is 1. The fraction of sp³-hybridized carbons (Fsp3) is 0.333. The summed E-state index contributed by atoms with van der Waals surface area (Å²) in [7, 11) is 1.36. The predicted molar refractivity (Wildman–Crippen MR) is 110 cm³/mol. The molecule has 1 fully saturated rings. The highest BCUT2D eigenvalue weighted by molar-refractivity contribution is 6.00. The molecule has 2 aliphatic heterocycles. The molecular formula is C24H24N2O3. The van der Waals surface area contributed by atoms with Gasteiger partial charge >= 0.3 is 5.97 Å². The van der Waals surface area contributed by atoms with Crippen molar-refractivity contribution >= 4 is 22.8 Å². The zero-order valence-electron chi connectivity index (χ0n) is 16.6. The summed E-state index contributed by atoms with van der Waals surface area (Å²) in [4.78, 5) is 31.5. The van der Waals surface area contributed by atoms with Crippen LogP contribution in [0.25, 0.3) is 10.9 Å². The van der Waals surface area contributed by atoms with E-state index in [1.807, 2.05) is 42.2 Å². The molecular weight excluding hydrogens is 364 g/mol. The molecule has 3 atom stereocenters. The first-order valence-electron chi connectivity index (χ1n) is 10.1. The summed E-state index contributed by atoms with van der Waals surface area (Å²) >= 11 is 0. The van der Waals surface area contributed by atoms with Crippen molar-refractivity contribution in [2.45, 2.75) is 31.7 Å². The lowest BCUT2D eigenvalue weighted by atomic mass is 9.74. The van der Waals surface area contributed by atoms with Crippen molar-refractivity contribution in [3.05, 3.63) is 70.9 Å². The summed E-state index contributed by atoms with van der Waals surface area (Å²) in [6.07, 6.45) is 1.50. The second kappa shape index (κ2) is 6.76. The second-order valence-corrected chi connectivity index (χ2v) is 8.11. The van der Waals surface area contributed by atoms with Gasteiger partial charge in [-0.05, 0) is 37.0 Å². The van der Waals surface area contributed by atoms with Crippen LogP contribution >= 0.6 is 0 Å². The topological polar surface area (TPSA) is 62.4 Å². The van der Waals surface area contributed by atoms with E-state index in [0.717, 1.165) is 28.8 Å². The van der Waals surface area contributed by atoms with Crippen LogP contribution in [-0.4, -0.2) is 35.4 Å². The molecule has 5 heteroatoms. The number of rotatable bonds is 2. The van der Waals surface area contributed by atoms with Crippen LogP contribution in [0, 0.1) is 12.8 Å². The van der Waals surface area contributed by atoms with Gasteiger partial charge in [0.15, 0.2) is 0 Å². The summed E-state index contributed by atoms with van der Waals surface area (Å²) in [6.45, 7) is 2.67. The third-order valence-electron chi connectivity index (χ3n) is 6.55. The number of aromatic amines is 1. The van der Waals surface area contributed by atoms with Crippen LogP contribution in [0.4, 0.5) is 0 Å². The number of carbonyl (C=O) groups is 2. The molecule has 3 aromatic rings. The molecule has 2 aromatic carbocycles. The first-order chi connectivity index (χ1) is 14.1. The number of fused-ring (bicyclic) bond motifs is 5. The fourth-order valence-electron chi connectivity index (χ4n) is 5.09. The highest BCUT2D eigenvalue weighted by Gasteiger charge is 2.49. The minimum Gasteiger partial charge on any atom is -0.468 e. The Balaban J connectivity index is 1.61. The Morgan fingerprint density at radius 3 is 2.66 bits per heavy atom. The molecule has 5 rings (SSSR count). The molecule has 0 radical (unpaired) electrons. The normalized spacial score (nSPS) is 23.6. The average Bonchev–Trinajstić information content (AvgIpc) is 3.13. The van der Waals surface area contributed by atoms with E-state index in [9.17, 15) is 9.59 Å². The number of H-pyrrole nitrogens is 1. The van der Waals surface area contributed by atoms with E-state index in [1.165, 1.54) is 18.1 Å². The van der Waals surface area contributed by atoms with Gasteiger partial charge < -0.3 is 14.6 Å². The summed E-state index contributed by atoms with van der Waals surface area (Å²) in [6, 6.07) is 16.4. The van der Waals surface area contributed by atoms with Crippen LogP contribution in [0.2, 0.25) is 0 Å². The summed E-state index contributed by atoms with van der Waals surface area (Å²) in [5, 5.41) is 1.23. The summed E-state index contributed by atoms with van der Waals surface area (Å²) in [5.74, 6) is -1.55. The Hall–Kier alpha value is -3.08. The number of aryl methyl sites for hydroxylation is 1. The number of para-hydroxylation sites is 1. The number of benzene rings is 2. The van der Waals surface area contributed by atoms with E-state index in [1.54, 1.807) is 0 Å². The van der Waals surface area contributed by atoms with Crippen molar-refractivity contribution in [1.29, 1.82) is 0 Å². The molecule has 1 N–H and O–H groups in total. The zero-order chi connectivity index (χ0) is 20.1. The molecule has 0 bridgehead atoms. The van der Waals surface area contributed by atoms with Crippen molar-refractivity contribution in [3.63, 3.8) is 0 Å². The van der Waals surface area contributed by atoms with E-state index in [-0.39, 0.29) is 17.9 Å². The van der Waals surface area contributed by atoms with Gasteiger partial charge in [-0.2, -0.15) is 0 Å². The maximum Gasteiger partial charge on any atom is 0.318 e. The van der Waals surface area contributed by atoms with E-state index in [0.29, 0.717) is 13.0 Å². The van der Waals surface area contributed by atoms with Crippen LogP contribution in [0.3, 0.4) is 0 Å². The first kappa shape index (κ1) is 18.0. The molecule has 1 aromatic heterocycles. The van der Waals surface area contributed by atoms with Gasteiger partial charge in [0.2, 0.25) is 5.91 Å². The van der Waals surface area contributed by atoms with Crippen LogP contribution in [0.1, 0.15) is 40.8 Å². The zero-order valence-corrected chi connectivity index (χ0v) is 16.6. The number of amides is 1. The van der Waals surface area contributed by atoms with Crippen molar-refractivity contribution in [3.8, 4) is 0 Å². The summed E-state index contributed by atoms with van der Waals surface area (Å²) < 4.78 is 5.04. The van der Waals surface area contributed by atoms with E-state index >= 15 is 0 Å².